The van der Waals surface area contributed by atoms with E-state index in [1.54, 1.807) is 30.3 Å². The van der Waals surface area contributed by atoms with Crippen molar-refractivity contribution in [1.82, 2.24) is 0 Å². The van der Waals surface area contributed by atoms with Crippen molar-refractivity contribution in [3.05, 3.63) is 97.1 Å². The van der Waals surface area contributed by atoms with Crippen LogP contribution in [0, 0.1) is 0 Å². The number of aliphatic hydroxyl groups excluding tert-OH is 2. The molecule has 6 aromatic rings. The van der Waals surface area contributed by atoms with E-state index in [1.165, 1.54) is 66.9 Å². The number of ether oxygens (including phenoxy) is 2. The Kier molecular flexibility index (Phi) is 14.2. The number of carboxylic acids is 1. The maximum absolute atomic E-state index is 13.3. The fourth-order valence-corrected chi connectivity index (χ4v) is 8.42. The number of nitrogens with one attached hydrogen (secondary N) is 1. The molecule has 336 valence electrons. The number of amides is 1. The first-order valence-corrected chi connectivity index (χ1v) is 22.7. The first-order valence-electron chi connectivity index (χ1n) is 18.9. The minimum atomic E-state index is -3.31. The number of anilines is 1. The van der Waals surface area contributed by atoms with Crippen molar-refractivity contribution in [2.24, 2.45) is 30.7 Å². The van der Waals surface area contributed by atoms with Crippen molar-refractivity contribution in [2.75, 3.05) is 37.7 Å². The van der Waals surface area contributed by atoms with E-state index in [0.717, 1.165) is 10.4 Å². The highest BCUT2D eigenvalue weighted by atomic mass is 32.3. The molecular formula is C41H37N8O13S3+. The number of carboxylic acid groups (broad SMARTS) is 1. The van der Waals surface area contributed by atoms with E-state index in [0.29, 0.717) is 22.3 Å². The number of hydrogen-bond donors (Lipinski definition) is 9. The third kappa shape index (κ3) is 10.1. The zero-order valence-electron chi connectivity index (χ0n) is 33.6. The van der Waals surface area contributed by atoms with Gasteiger partial charge in [0.05, 0.1) is 28.7 Å². The van der Waals surface area contributed by atoms with Crippen LogP contribution in [0.4, 0.5) is 34.1 Å². The van der Waals surface area contributed by atoms with Gasteiger partial charge in [-0.05, 0) is 65.4 Å². The molecule has 1 amide bonds. The maximum atomic E-state index is 13.3. The van der Waals surface area contributed by atoms with Crippen molar-refractivity contribution in [2.45, 2.75) is 20.7 Å². The highest BCUT2D eigenvalue weighted by molar-refractivity contribution is 8.24. The van der Waals surface area contributed by atoms with Gasteiger partial charge in [0.25, 0.3) is 0 Å². The Bertz CT molecular complexity index is 2960. The number of hydrazone groups is 1. The molecular weight excluding hydrogens is 909 g/mol. The summed E-state index contributed by atoms with van der Waals surface area (Å²) >= 11 is -2.27. The number of hydrogen-bond acceptors (Lipinski definition) is 18. The minimum absolute atomic E-state index is 0.000634. The Morgan fingerprint density at radius 3 is 2.08 bits per heavy atom. The predicted octanol–water partition coefficient (Wildman–Crippen LogP) is 7.18. The summed E-state index contributed by atoms with van der Waals surface area (Å²) in [5.74, 6) is -2.82. The fourth-order valence-electron chi connectivity index (χ4n) is 6.52. The molecule has 1 aliphatic rings. The molecule has 0 fully saturated rings. The van der Waals surface area contributed by atoms with Gasteiger partial charge in [-0.3, -0.25) is 13.9 Å². The van der Waals surface area contributed by atoms with Gasteiger partial charge in [0, 0.05) is 46.1 Å². The van der Waals surface area contributed by atoms with Crippen molar-refractivity contribution >= 4 is 107 Å². The number of aliphatic carboxylic acids is 1. The summed E-state index contributed by atoms with van der Waals surface area (Å²) < 4.78 is 65.3. The Balaban J connectivity index is 1.22. The number of fused-ring (bicyclic) bond motifs is 2. The molecule has 9 N–H and O–H groups in total. The quantitative estimate of drug-likeness (QED) is 0.0249. The monoisotopic (exact) mass is 945 g/mol. The number of aliphatic hydroxyl groups is 2. The SMILES string of the molecule is CS(O)(O)c1c(N=Nc2cc(OCCO)c(N=Nc3c(S(=O)O)cc4cc(N=NC5C(=O)N(c6ccc(SO)cc6)[NH+]=C5C(=O)O)ccc4c3O)cc2OCCO)ccc2ccccc12. The lowest BCUT2D eigenvalue weighted by molar-refractivity contribution is -0.454. The third-order valence-electron chi connectivity index (χ3n) is 9.41. The van der Waals surface area contributed by atoms with Crippen LogP contribution in [0.5, 0.6) is 17.2 Å². The first-order chi connectivity index (χ1) is 31.2. The Labute approximate surface area is 376 Å². The van der Waals surface area contributed by atoms with E-state index in [1.807, 2.05) is 6.07 Å². The largest absolute Gasteiger partial charge is 0.505 e. The molecule has 2 atom stereocenters. The van der Waals surface area contributed by atoms with Crippen LogP contribution in [-0.4, -0.2) is 99.2 Å². The second-order valence-electron chi connectivity index (χ2n) is 13.7. The van der Waals surface area contributed by atoms with E-state index in [4.69, 9.17) is 9.47 Å². The standard InChI is InChI=1S/C41H36N8O13S3/c1-65(59,60)39-28-5-3-2-4-22(28)6-13-29(39)43-44-30-20-33(62-17-15-51)31(21-32(30)61-16-14-50)45-46-35-34(64(57)58)19-23-18-24(7-12-27(23)38(35)52)42-47-36-37(41(54)55)48-49(40(36)53)25-8-10-26(63-56)11-9-25/h2-13,18-21,36,50-52,56,59-60H,14-17H2,1H3,(H,54,55)(H,57,58)/p+1. The number of rotatable bonds is 17. The smallest absolute Gasteiger partial charge is 0.401 e. The van der Waals surface area contributed by atoms with Crippen LogP contribution >= 0.6 is 22.6 Å². The van der Waals surface area contributed by atoms with E-state index in [2.05, 4.69) is 35.8 Å². The second kappa shape index (κ2) is 20.0. The summed E-state index contributed by atoms with van der Waals surface area (Å²) in [6.07, 6.45) is 1.27. The molecule has 1 heterocycles. The molecule has 0 aliphatic carbocycles. The predicted molar refractivity (Wildman–Crippen MR) is 240 cm³/mol. The van der Waals surface area contributed by atoms with Crippen LogP contribution in [-0.2, 0) is 20.7 Å². The van der Waals surface area contributed by atoms with Gasteiger partial charge in [-0.1, -0.05) is 35.3 Å². The van der Waals surface area contributed by atoms with Crippen molar-refractivity contribution in [1.29, 1.82) is 0 Å². The molecule has 0 radical (unpaired) electrons. The van der Waals surface area contributed by atoms with Gasteiger partial charge in [0.15, 0.2) is 16.8 Å². The average Bonchev–Trinajstić information content (AvgIpc) is 3.63. The summed E-state index contributed by atoms with van der Waals surface area (Å²) in [7, 11) is -3.31. The van der Waals surface area contributed by atoms with E-state index in [-0.39, 0.29) is 73.7 Å². The molecule has 21 nitrogen and oxygen atoms in total. The maximum Gasteiger partial charge on any atom is 0.401 e. The molecule has 2 unspecified atom stereocenters. The van der Waals surface area contributed by atoms with Crippen LogP contribution in [0.25, 0.3) is 21.5 Å². The number of benzene rings is 6. The Morgan fingerprint density at radius 1 is 0.815 bits per heavy atom. The Morgan fingerprint density at radius 2 is 1.46 bits per heavy atom. The summed E-state index contributed by atoms with van der Waals surface area (Å²) in [5.41, 5.74) is -0.426. The second-order valence-corrected chi connectivity index (χ2v) is 17.4. The van der Waals surface area contributed by atoms with Crippen LogP contribution in [0.3, 0.4) is 0 Å². The number of carbonyl (C=O) groups excluding carboxylic acids is 1. The van der Waals surface area contributed by atoms with E-state index in [9.17, 15) is 52.4 Å². The van der Waals surface area contributed by atoms with Gasteiger partial charge in [-0.2, -0.15) is 20.8 Å². The van der Waals surface area contributed by atoms with Crippen LogP contribution < -0.4 is 19.6 Å². The molecule has 65 heavy (non-hydrogen) atoms. The van der Waals surface area contributed by atoms with Gasteiger partial charge >= 0.3 is 17.6 Å². The Hall–Kier alpha value is -6.74. The lowest BCUT2D eigenvalue weighted by Crippen LogP contribution is -2.83. The van der Waals surface area contributed by atoms with Gasteiger partial charge < -0.3 is 39.0 Å². The highest BCUT2D eigenvalue weighted by Gasteiger charge is 2.47. The van der Waals surface area contributed by atoms with Crippen LogP contribution in [0.2, 0.25) is 0 Å². The normalized spacial score (nSPS) is 15.2. The van der Waals surface area contributed by atoms with Crippen molar-refractivity contribution in [3.63, 3.8) is 0 Å². The summed E-state index contributed by atoms with van der Waals surface area (Å²) in [4.78, 5) is 25.6. The summed E-state index contributed by atoms with van der Waals surface area (Å²) in [6, 6.07) is 22.9. The summed E-state index contributed by atoms with van der Waals surface area (Å²) in [5, 5.41) is 70.5. The number of azo groups is 3. The molecule has 0 saturated heterocycles. The van der Waals surface area contributed by atoms with E-state index >= 15 is 0 Å². The molecule has 0 saturated carbocycles. The number of hydrazine groups is 1. The molecule has 7 rings (SSSR count). The number of nitrogens with zero attached hydrogens (tertiary/aromatic N) is 7. The number of carbonyl (C=O) groups is 2. The van der Waals surface area contributed by atoms with Crippen LogP contribution in [0.15, 0.2) is 142 Å². The highest BCUT2D eigenvalue weighted by Crippen LogP contribution is 2.53. The number of aromatic hydroxyl groups is 1. The third-order valence-corrected chi connectivity index (χ3v) is 11.8. The van der Waals surface area contributed by atoms with Gasteiger partial charge in [0.2, 0.25) is 6.04 Å². The fraction of sp³-hybridized carbons (Fsp3) is 0.146. The molecule has 6 aromatic carbocycles. The summed E-state index contributed by atoms with van der Waals surface area (Å²) in [6.45, 7) is -1.26. The molecule has 1 aliphatic heterocycles. The minimum Gasteiger partial charge on any atom is -0.505 e. The molecule has 24 heteroatoms. The zero-order chi connectivity index (χ0) is 46.4. The molecule has 0 bridgehead atoms. The first kappa shape index (κ1) is 46.3. The average molecular weight is 946 g/mol. The lowest BCUT2D eigenvalue weighted by atomic mass is 10.1. The molecule has 0 spiro atoms. The molecule has 0 aromatic heterocycles. The van der Waals surface area contributed by atoms with Crippen molar-refractivity contribution < 1.29 is 67.0 Å². The number of phenols is 1. The zero-order valence-corrected chi connectivity index (χ0v) is 36.1. The van der Waals surface area contributed by atoms with Crippen LogP contribution in [0.1, 0.15) is 0 Å². The van der Waals surface area contributed by atoms with Gasteiger partial charge in [-0.15, -0.1) is 25.6 Å². The van der Waals surface area contributed by atoms with Crippen molar-refractivity contribution in [3.8, 4) is 17.2 Å². The van der Waals surface area contributed by atoms with E-state index < -0.39 is 70.0 Å². The van der Waals surface area contributed by atoms with Gasteiger partial charge in [-0.25, -0.2) is 9.00 Å². The topological polar surface area (TPSA) is 323 Å². The van der Waals surface area contributed by atoms with Gasteiger partial charge in [0.1, 0.15) is 53.1 Å². The lowest BCUT2D eigenvalue weighted by Gasteiger charge is -2.29. The number of phenolic OH excluding ortho intramolecular Hbond substituents is 1.